The van der Waals surface area contributed by atoms with Crippen LogP contribution in [0.4, 0.5) is 0 Å². The van der Waals surface area contributed by atoms with E-state index in [1.54, 1.807) is 0 Å². The molecule has 5 nitrogen and oxygen atoms in total. The molecule has 0 aromatic heterocycles. The first kappa shape index (κ1) is 15.1. The van der Waals surface area contributed by atoms with E-state index in [4.69, 9.17) is 17.9 Å². The van der Waals surface area contributed by atoms with E-state index in [-0.39, 0.29) is 17.0 Å². The lowest BCUT2D eigenvalue weighted by atomic mass is 10.0. The Morgan fingerprint density at radius 3 is 1.94 bits per heavy atom. The lowest BCUT2D eigenvalue weighted by Crippen LogP contribution is -2.29. The predicted octanol–water partition coefficient (Wildman–Crippen LogP) is 2.14. The van der Waals surface area contributed by atoms with Crippen LogP contribution in [0.25, 0.3) is 4.78 Å². The van der Waals surface area contributed by atoms with Gasteiger partial charge in [0, 0.05) is 0 Å². The van der Waals surface area contributed by atoms with Gasteiger partial charge in [-0.3, -0.25) is 4.79 Å². The Labute approximate surface area is 97.7 Å². The minimum atomic E-state index is -2.86. The second-order valence-electron chi connectivity index (χ2n) is 4.85. The zero-order valence-electron chi connectivity index (χ0n) is 10.1. The summed E-state index contributed by atoms with van der Waals surface area (Å²) < 4.78 is 29.4. The normalized spacial score (nSPS) is 16.8. The molecule has 0 aromatic carbocycles. The molecule has 0 spiro atoms. The van der Waals surface area contributed by atoms with Crippen LogP contribution in [0.1, 0.15) is 47.0 Å². The number of carbonyl (C=O) groups excluding carboxylic acids is 1. The van der Waals surface area contributed by atoms with Crippen molar-refractivity contribution < 1.29 is 17.9 Å². The van der Waals surface area contributed by atoms with Gasteiger partial charge in [0.2, 0.25) is 0 Å². The summed E-state index contributed by atoms with van der Waals surface area (Å²) in [5.41, 5.74) is -0.435. The number of esters is 1. The van der Waals surface area contributed by atoms with Crippen LogP contribution in [-0.4, -0.2) is 20.0 Å². The molecule has 1 aliphatic rings. The van der Waals surface area contributed by atoms with Gasteiger partial charge in [-0.2, -0.15) is 0 Å². The van der Waals surface area contributed by atoms with Crippen molar-refractivity contribution in [2.75, 3.05) is 0 Å². The number of hydrogen-bond donors (Lipinski definition) is 0. The maximum atomic E-state index is 11.6. The van der Waals surface area contributed by atoms with Crippen LogP contribution in [0.5, 0.6) is 0 Å². The SMILES string of the molecule is CCC1(C(=O)OC(C)(C)C)CC1.[N-]=S(=O)=O. The molecule has 1 saturated carbocycles. The Morgan fingerprint density at radius 2 is 1.75 bits per heavy atom. The zero-order valence-corrected chi connectivity index (χ0v) is 10.9. The molecule has 0 unspecified atom stereocenters. The topological polar surface area (TPSA) is 82.7 Å². The molecule has 0 bridgehead atoms. The first-order valence-corrected chi connectivity index (χ1v) is 6.18. The molecular weight excluding hydrogens is 230 g/mol. The van der Waals surface area contributed by atoms with Crippen LogP contribution in [0.2, 0.25) is 0 Å². The van der Waals surface area contributed by atoms with Crippen LogP contribution in [0.3, 0.4) is 0 Å². The van der Waals surface area contributed by atoms with Gasteiger partial charge in [0.1, 0.15) is 16.1 Å². The molecule has 0 heterocycles. The van der Waals surface area contributed by atoms with E-state index in [1.165, 1.54) is 0 Å². The van der Waals surface area contributed by atoms with Crippen LogP contribution >= 0.6 is 0 Å². The van der Waals surface area contributed by atoms with Gasteiger partial charge < -0.3 is 9.52 Å². The highest BCUT2D eigenvalue weighted by atomic mass is 32.2. The van der Waals surface area contributed by atoms with Crippen molar-refractivity contribution in [3.05, 3.63) is 4.78 Å². The van der Waals surface area contributed by atoms with Crippen LogP contribution < -0.4 is 0 Å². The third-order valence-electron chi connectivity index (χ3n) is 2.36. The molecule has 1 fully saturated rings. The summed E-state index contributed by atoms with van der Waals surface area (Å²) in [5, 5.41) is 0. The van der Waals surface area contributed by atoms with Gasteiger partial charge in [-0.15, -0.1) is 0 Å². The van der Waals surface area contributed by atoms with E-state index in [0.717, 1.165) is 19.3 Å². The molecule has 0 N–H and O–H groups in total. The van der Waals surface area contributed by atoms with E-state index >= 15 is 0 Å². The molecular formula is C10H18NO4S-. The van der Waals surface area contributed by atoms with Gasteiger partial charge in [-0.05, 0) is 40.0 Å². The molecule has 0 radical (unpaired) electrons. The van der Waals surface area contributed by atoms with Crippen molar-refractivity contribution in [2.24, 2.45) is 5.41 Å². The summed E-state index contributed by atoms with van der Waals surface area (Å²) in [6.45, 7) is 7.79. The van der Waals surface area contributed by atoms with Gasteiger partial charge in [0.05, 0.1) is 5.41 Å². The van der Waals surface area contributed by atoms with Crippen molar-refractivity contribution in [2.45, 2.75) is 52.6 Å². The maximum Gasteiger partial charge on any atom is 0.312 e. The molecule has 16 heavy (non-hydrogen) atoms. The monoisotopic (exact) mass is 248 g/mol. The number of rotatable bonds is 2. The minimum Gasteiger partial charge on any atom is -0.686 e. The van der Waals surface area contributed by atoms with E-state index in [9.17, 15) is 4.79 Å². The number of ether oxygens (including phenoxy) is 1. The van der Waals surface area contributed by atoms with Gasteiger partial charge >= 0.3 is 5.97 Å². The van der Waals surface area contributed by atoms with E-state index in [1.807, 2.05) is 20.8 Å². The fourth-order valence-electron chi connectivity index (χ4n) is 1.24. The Balaban J connectivity index is 0.000000487. The van der Waals surface area contributed by atoms with Gasteiger partial charge in [-0.1, -0.05) is 6.92 Å². The summed E-state index contributed by atoms with van der Waals surface area (Å²) in [7, 11) is -2.86. The Morgan fingerprint density at radius 1 is 1.38 bits per heavy atom. The Bertz CT molecular complexity index is 341. The van der Waals surface area contributed by atoms with Gasteiger partial charge in [0.25, 0.3) is 0 Å². The number of carbonyl (C=O) groups is 1. The maximum absolute atomic E-state index is 11.6. The first-order valence-electron chi connectivity index (χ1n) is 5.15. The van der Waals surface area contributed by atoms with E-state index in [0.29, 0.717) is 0 Å². The van der Waals surface area contributed by atoms with Crippen molar-refractivity contribution in [1.29, 1.82) is 0 Å². The molecule has 0 amide bonds. The highest BCUT2D eigenvalue weighted by molar-refractivity contribution is 7.63. The van der Waals surface area contributed by atoms with E-state index in [2.05, 4.69) is 6.92 Å². The van der Waals surface area contributed by atoms with Gasteiger partial charge in [0.15, 0.2) is 0 Å². The summed E-state index contributed by atoms with van der Waals surface area (Å²) in [5.74, 6) is -0.00231. The molecule has 0 aromatic rings. The van der Waals surface area contributed by atoms with Crippen molar-refractivity contribution in [3.8, 4) is 0 Å². The average molecular weight is 248 g/mol. The average Bonchev–Trinajstić information content (AvgIpc) is 2.79. The summed E-state index contributed by atoms with van der Waals surface area (Å²) >= 11 is 0. The summed E-state index contributed by atoms with van der Waals surface area (Å²) in [4.78, 5) is 11.6. The minimum absolute atomic E-state index is 0.00231. The molecule has 6 heteroatoms. The summed E-state index contributed by atoms with van der Waals surface area (Å²) in [6, 6.07) is 0. The molecule has 0 atom stereocenters. The molecule has 0 saturated heterocycles. The lowest BCUT2D eigenvalue weighted by Gasteiger charge is -2.22. The zero-order chi connectivity index (χ0) is 13.0. The first-order chi connectivity index (χ1) is 7.13. The second kappa shape index (κ2) is 5.43. The largest absolute Gasteiger partial charge is 0.686 e. The number of nitrogens with zero attached hydrogens (tertiary/aromatic N) is 1. The summed E-state index contributed by atoms with van der Waals surface area (Å²) in [6.07, 6.45) is 2.94. The van der Waals surface area contributed by atoms with Crippen molar-refractivity contribution in [3.63, 3.8) is 0 Å². The lowest BCUT2D eigenvalue weighted by molar-refractivity contribution is -0.161. The van der Waals surface area contributed by atoms with Crippen molar-refractivity contribution in [1.82, 2.24) is 0 Å². The van der Waals surface area contributed by atoms with Crippen LogP contribution in [0, 0.1) is 5.41 Å². The highest BCUT2D eigenvalue weighted by Gasteiger charge is 2.50. The fourth-order valence-corrected chi connectivity index (χ4v) is 1.24. The third-order valence-corrected chi connectivity index (χ3v) is 2.36. The Kier molecular flexibility index (Phi) is 5.12. The fraction of sp³-hybridized carbons (Fsp3) is 0.900. The molecule has 1 rings (SSSR count). The highest BCUT2D eigenvalue weighted by Crippen LogP contribution is 2.50. The van der Waals surface area contributed by atoms with Gasteiger partial charge in [-0.25, -0.2) is 8.42 Å². The van der Waals surface area contributed by atoms with Crippen molar-refractivity contribution >= 4 is 16.5 Å². The quantitative estimate of drug-likeness (QED) is 0.701. The molecule has 94 valence electrons. The molecule has 0 aliphatic heterocycles. The Hall–Kier alpha value is -0.910. The smallest absolute Gasteiger partial charge is 0.312 e. The molecule has 1 aliphatic carbocycles. The standard InChI is InChI=1S/C10H18O2.NO2S/c1-5-10(6-7-10)8(11)12-9(2,3)4;1-4(2)3/h5-7H2,1-4H3;/q;-1. The number of hydrogen-bond acceptors (Lipinski definition) is 4. The third kappa shape index (κ3) is 5.85. The van der Waals surface area contributed by atoms with Crippen LogP contribution in [0.15, 0.2) is 0 Å². The predicted molar refractivity (Wildman–Crippen MR) is 60.1 cm³/mol. The van der Waals surface area contributed by atoms with Crippen LogP contribution in [-0.2, 0) is 20.0 Å². The second-order valence-corrected chi connectivity index (χ2v) is 5.29. The van der Waals surface area contributed by atoms with E-state index < -0.39 is 10.5 Å².